The van der Waals surface area contributed by atoms with Crippen LogP contribution in [0.25, 0.3) is 11.1 Å². The van der Waals surface area contributed by atoms with Crippen molar-refractivity contribution in [3.8, 4) is 6.07 Å². The number of aromatic nitrogens is 3. The fourth-order valence-corrected chi connectivity index (χ4v) is 8.07. The van der Waals surface area contributed by atoms with Crippen LogP contribution in [0.3, 0.4) is 0 Å². The Morgan fingerprint density at radius 3 is 2.48 bits per heavy atom. The van der Waals surface area contributed by atoms with Gasteiger partial charge in [0, 0.05) is 27.3 Å². The molecule has 1 N–H and O–H groups in total. The Hall–Kier alpha value is -3.15. The molecule has 2 aromatic rings. The molecule has 9 nitrogen and oxygen atoms in total. The number of fused-ring (bicyclic) bond motifs is 2. The molecular weight excluding hydrogens is 659 g/mol. The number of amides is 1. The molecule has 270 valence electrons. The Morgan fingerprint density at radius 2 is 1.84 bits per heavy atom. The van der Waals surface area contributed by atoms with Gasteiger partial charge in [-0.2, -0.15) is 5.26 Å². The number of nitriles is 1. The zero-order chi connectivity index (χ0) is 36.8. The number of allylic oxidation sites excluding steroid dienone is 2. The van der Waals surface area contributed by atoms with E-state index in [4.69, 9.17) is 18.9 Å². The number of pyridine rings is 1. The molecule has 11 heteroatoms. The summed E-state index contributed by atoms with van der Waals surface area (Å²) in [6, 6.07) is 7.01. The maximum Gasteiger partial charge on any atom is 0.291 e. The second-order valence-electron chi connectivity index (χ2n) is 18.1. The third-order valence-corrected chi connectivity index (χ3v) is 16.8. The van der Waals surface area contributed by atoms with Crippen molar-refractivity contribution in [1.29, 1.82) is 5.26 Å². The van der Waals surface area contributed by atoms with Crippen molar-refractivity contribution in [2.45, 2.75) is 129 Å². The SMILES string of the molecule is CC1(C)CC=C(c2nc(C3=CC4(C)C=CC(CO[Si](C)(C)C(C)(C)C)(C3)O4)ccc2NC(=O)c2nc(C#N)cn2COCC[Si](C)(C)C)CC1. The highest BCUT2D eigenvalue weighted by Gasteiger charge is 2.48. The Balaban J connectivity index is 1.44. The first-order chi connectivity index (χ1) is 23.1. The predicted octanol–water partition coefficient (Wildman–Crippen LogP) is 9.20. The van der Waals surface area contributed by atoms with Crippen LogP contribution in [-0.2, 0) is 20.6 Å². The first-order valence-electron chi connectivity index (χ1n) is 18.0. The summed E-state index contributed by atoms with van der Waals surface area (Å²) in [5.74, 6) is -0.274. The van der Waals surface area contributed by atoms with Crippen molar-refractivity contribution >= 4 is 39.1 Å². The van der Waals surface area contributed by atoms with Gasteiger partial charge in [-0.05, 0) is 85.1 Å². The summed E-state index contributed by atoms with van der Waals surface area (Å²) in [5.41, 5.74) is 3.72. The Morgan fingerprint density at radius 1 is 1.10 bits per heavy atom. The number of nitrogens with zero attached hydrogens (tertiary/aromatic N) is 4. The first kappa shape index (κ1) is 38.1. The quantitative estimate of drug-likeness (QED) is 0.133. The third kappa shape index (κ3) is 8.83. The van der Waals surface area contributed by atoms with E-state index in [1.54, 1.807) is 10.8 Å². The molecule has 0 saturated carbocycles. The number of ether oxygens (including phenoxy) is 2. The number of nitrogens with one attached hydrogen (secondary N) is 1. The molecule has 2 bridgehead atoms. The maximum atomic E-state index is 13.8. The van der Waals surface area contributed by atoms with Gasteiger partial charge in [-0.3, -0.25) is 4.79 Å². The summed E-state index contributed by atoms with van der Waals surface area (Å²) < 4.78 is 20.9. The van der Waals surface area contributed by atoms with Gasteiger partial charge in [0.1, 0.15) is 24.0 Å². The first-order valence-corrected chi connectivity index (χ1v) is 24.6. The summed E-state index contributed by atoms with van der Waals surface area (Å²) in [6.07, 6.45) is 13.8. The molecule has 50 heavy (non-hydrogen) atoms. The normalized spacial score (nSPS) is 23.3. The summed E-state index contributed by atoms with van der Waals surface area (Å²) in [7, 11) is -3.28. The zero-order valence-corrected chi connectivity index (χ0v) is 34.1. The molecule has 1 aliphatic carbocycles. The van der Waals surface area contributed by atoms with E-state index in [1.165, 1.54) is 0 Å². The number of imidazole rings is 1. The summed E-state index contributed by atoms with van der Waals surface area (Å²) in [5, 5.41) is 12.8. The van der Waals surface area contributed by atoms with Crippen molar-refractivity contribution in [2.24, 2.45) is 5.41 Å². The topological polar surface area (TPSA) is 111 Å². The molecule has 0 radical (unpaired) electrons. The molecule has 2 aromatic heterocycles. The third-order valence-electron chi connectivity index (χ3n) is 10.6. The van der Waals surface area contributed by atoms with Crippen LogP contribution in [0.15, 0.2) is 42.6 Å². The van der Waals surface area contributed by atoms with Gasteiger partial charge in [0.25, 0.3) is 5.91 Å². The molecule has 1 amide bonds. The Kier molecular flexibility index (Phi) is 10.5. The average Bonchev–Trinajstić information content (AvgIpc) is 3.54. The molecule has 5 rings (SSSR count). The lowest BCUT2D eigenvalue weighted by Crippen LogP contribution is -2.48. The lowest BCUT2D eigenvalue weighted by atomic mass is 9.77. The Bertz CT molecular complexity index is 1750. The largest absolute Gasteiger partial charge is 0.414 e. The molecule has 0 saturated heterocycles. The van der Waals surface area contributed by atoms with Crippen LogP contribution in [0, 0.1) is 16.7 Å². The van der Waals surface area contributed by atoms with Crippen molar-refractivity contribution in [3.05, 3.63) is 65.5 Å². The van der Waals surface area contributed by atoms with Crippen molar-refractivity contribution in [3.63, 3.8) is 0 Å². The highest BCUT2D eigenvalue weighted by Crippen LogP contribution is 2.47. The van der Waals surface area contributed by atoms with Gasteiger partial charge in [-0.1, -0.05) is 72.5 Å². The average molecular weight is 716 g/mol. The minimum absolute atomic E-state index is 0.0929. The van der Waals surface area contributed by atoms with Crippen molar-refractivity contribution in [1.82, 2.24) is 14.5 Å². The maximum absolute atomic E-state index is 13.8. The zero-order valence-electron chi connectivity index (χ0n) is 32.1. The number of hydrogen-bond donors (Lipinski definition) is 1. The molecule has 3 aliphatic rings. The molecule has 0 aromatic carbocycles. The van der Waals surface area contributed by atoms with E-state index < -0.39 is 33.5 Å². The van der Waals surface area contributed by atoms with Gasteiger partial charge < -0.3 is 23.8 Å². The second-order valence-corrected chi connectivity index (χ2v) is 28.5. The minimum Gasteiger partial charge on any atom is -0.414 e. The van der Waals surface area contributed by atoms with Gasteiger partial charge in [-0.15, -0.1) is 0 Å². The van der Waals surface area contributed by atoms with Crippen LogP contribution >= 0.6 is 0 Å². The molecule has 2 aliphatic heterocycles. The smallest absolute Gasteiger partial charge is 0.291 e. The van der Waals surface area contributed by atoms with Crippen LogP contribution in [0.4, 0.5) is 5.69 Å². The van der Waals surface area contributed by atoms with E-state index >= 15 is 0 Å². The van der Waals surface area contributed by atoms with Crippen molar-refractivity contribution < 1.29 is 18.7 Å². The van der Waals surface area contributed by atoms with E-state index in [2.05, 4.69) is 115 Å². The van der Waals surface area contributed by atoms with Gasteiger partial charge in [0.2, 0.25) is 5.82 Å². The number of hydrogen-bond acceptors (Lipinski definition) is 7. The molecule has 0 fully saturated rings. The standard InChI is InChI=1S/C39H57N5O4Si2/c1-36(2,3)50(10,11)47-26-39-19-18-38(6,48-39)22-29(23-39)31-12-13-32(33(42-31)28-14-16-37(4,5)17-15-28)43-35(45)34-41-30(24-40)25-44(34)27-46-20-21-49(7,8)9/h12-14,18-19,22,25H,15-17,20-21,23,26-27H2,1-11H3,(H,43,45). The lowest BCUT2D eigenvalue weighted by molar-refractivity contribution is -0.0820. The fraction of sp³-hybridized carbons (Fsp3) is 0.590. The van der Waals surface area contributed by atoms with Crippen LogP contribution < -0.4 is 5.32 Å². The van der Waals surface area contributed by atoms with E-state index in [9.17, 15) is 10.1 Å². The van der Waals surface area contributed by atoms with Gasteiger partial charge >= 0.3 is 0 Å². The van der Waals surface area contributed by atoms with E-state index in [0.717, 1.165) is 47.8 Å². The van der Waals surface area contributed by atoms with Crippen LogP contribution in [-0.4, -0.2) is 61.2 Å². The summed E-state index contributed by atoms with van der Waals surface area (Å²) >= 11 is 0. The summed E-state index contributed by atoms with van der Waals surface area (Å²) in [4.78, 5) is 23.5. The second kappa shape index (κ2) is 13.8. The fourth-order valence-electron chi connectivity index (χ4n) is 6.27. The number of rotatable bonds is 12. The van der Waals surface area contributed by atoms with Gasteiger partial charge in [0.15, 0.2) is 14.0 Å². The summed E-state index contributed by atoms with van der Waals surface area (Å²) in [6.45, 7) is 26.1. The van der Waals surface area contributed by atoms with Crippen LogP contribution in [0.1, 0.15) is 94.9 Å². The monoisotopic (exact) mass is 715 g/mol. The van der Waals surface area contributed by atoms with E-state index in [1.807, 2.05) is 12.1 Å². The van der Waals surface area contributed by atoms with Crippen LogP contribution in [0.5, 0.6) is 0 Å². The Labute approximate surface area is 301 Å². The number of carbonyl (C=O) groups is 1. The highest BCUT2D eigenvalue weighted by molar-refractivity contribution is 6.76. The lowest BCUT2D eigenvalue weighted by Gasteiger charge is -2.42. The predicted molar refractivity (Wildman–Crippen MR) is 206 cm³/mol. The van der Waals surface area contributed by atoms with E-state index in [0.29, 0.717) is 25.3 Å². The molecule has 2 atom stereocenters. The van der Waals surface area contributed by atoms with Gasteiger partial charge in [0.05, 0.1) is 23.7 Å². The van der Waals surface area contributed by atoms with Gasteiger partial charge in [-0.25, -0.2) is 9.97 Å². The van der Waals surface area contributed by atoms with Crippen LogP contribution in [0.2, 0.25) is 43.8 Å². The minimum atomic E-state index is -2.00. The number of carbonyl (C=O) groups excluding carboxylic acids is 1. The number of anilines is 1. The molecule has 4 heterocycles. The molecular formula is C39H57N5O4Si2. The van der Waals surface area contributed by atoms with E-state index in [-0.39, 0.29) is 28.7 Å². The highest BCUT2D eigenvalue weighted by atomic mass is 28.4. The molecule has 0 spiro atoms. The molecule has 2 unspecified atom stereocenters. The van der Waals surface area contributed by atoms with Crippen molar-refractivity contribution in [2.75, 3.05) is 18.5 Å².